The molecule has 2 heterocycles. The molecule has 0 bridgehead atoms. The Kier molecular flexibility index (Phi) is 5.73. The molecule has 0 aromatic heterocycles. The predicted molar refractivity (Wildman–Crippen MR) is 103 cm³/mol. The van der Waals surface area contributed by atoms with Crippen LogP contribution in [-0.4, -0.2) is 73.7 Å². The molecule has 1 fully saturated rings. The van der Waals surface area contributed by atoms with E-state index in [0.717, 1.165) is 6.07 Å². The van der Waals surface area contributed by atoms with Gasteiger partial charge in [0.2, 0.25) is 6.29 Å². The van der Waals surface area contributed by atoms with Gasteiger partial charge >= 0.3 is 0 Å². The Hall–Kier alpha value is -2.89. The number of rotatable bonds is 4. The number of hydrogen-bond acceptors (Lipinski definition) is 10. The maximum absolute atomic E-state index is 12.4. The fourth-order valence-corrected chi connectivity index (χ4v) is 3.67. The first-order chi connectivity index (χ1) is 14.8. The Morgan fingerprint density at radius 3 is 2.39 bits per heavy atom. The largest absolute Gasteiger partial charge is 0.508 e. The molecule has 2 aromatic rings. The number of hydrogen-bond donors (Lipinski definition) is 6. The first-order valence-electron chi connectivity index (χ1n) is 9.61. The molecule has 10 heteroatoms. The fraction of sp³-hybridized carbons (Fsp3) is 0.381. The van der Waals surface area contributed by atoms with Crippen LogP contribution in [0.25, 0.3) is 0 Å². The van der Waals surface area contributed by atoms with Crippen molar-refractivity contribution in [2.75, 3.05) is 6.61 Å². The van der Waals surface area contributed by atoms with Crippen LogP contribution in [0.5, 0.6) is 23.0 Å². The molecule has 10 nitrogen and oxygen atoms in total. The van der Waals surface area contributed by atoms with Crippen molar-refractivity contribution in [3.63, 3.8) is 0 Å². The maximum Gasteiger partial charge on any atom is 0.229 e. The number of phenolic OH excluding ortho intramolecular Hbond substituents is 2. The number of fused-ring (bicyclic) bond motifs is 1. The number of ketones is 1. The van der Waals surface area contributed by atoms with Crippen molar-refractivity contribution in [3.05, 3.63) is 47.5 Å². The van der Waals surface area contributed by atoms with Crippen molar-refractivity contribution >= 4 is 5.78 Å². The molecule has 31 heavy (non-hydrogen) atoms. The molecule has 2 aliphatic rings. The van der Waals surface area contributed by atoms with Crippen LogP contribution in [0.1, 0.15) is 28.4 Å². The lowest BCUT2D eigenvalue weighted by atomic mass is 9.95. The lowest BCUT2D eigenvalue weighted by Crippen LogP contribution is -2.60. The molecule has 1 unspecified atom stereocenters. The molecule has 0 saturated carbocycles. The van der Waals surface area contributed by atoms with E-state index < -0.39 is 43.4 Å². The molecule has 0 amide bonds. The normalized spacial score (nSPS) is 30.4. The summed E-state index contributed by atoms with van der Waals surface area (Å²) in [6.07, 6.45) is -7.63. The summed E-state index contributed by atoms with van der Waals surface area (Å²) in [5, 5.41) is 58.5. The summed E-state index contributed by atoms with van der Waals surface area (Å²) in [5.41, 5.74) is 0.652. The zero-order chi connectivity index (χ0) is 22.3. The third-order valence-corrected chi connectivity index (χ3v) is 5.34. The predicted octanol–water partition coefficient (Wildman–Crippen LogP) is -0.0170. The number of carbonyl (C=O) groups excluding carboxylic acids is 1. The number of benzene rings is 2. The second-order valence-corrected chi connectivity index (χ2v) is 7.46. The van der Waals surface area contributed by atoms with Gasteiger partial charge in [-0.25, -0.2) is 0 Å². The van der Waals surface area contributed by atoms with Gasteiger partial charge in [-0.2, -0.15) is 0 Å². The Labute approximate surface area is 176 Å². The van der Waals surface area contributed by atoms with Crippen molar-refractivity contribution in [2.24, 2.45) is 0 Å². The summed E-state index contributed by atoms with van der Waals surface area (Å²) in [6, 6.07) is 8.68. The summed E-state index contributed by atoms with van der Waals surface area (Å²) in [6.45, 7) is -0.566. The number of aliphatic hydroxyl groups excluding tert-OH is 4. The molecule has 2 aliphatic heterocycles. The minimum atomic E-state index is -1.55. The topological polar surface area (TPSA) is 166 Å². The standard InChI is InChI=1S/C21H22O10/c22-8-16-18(26)19(27)20(28)21(31-16)29-11-3-1-9(2-4-11)14-7-13(25)17-12(24)5-10(23)6-15(17)30-14/h1-6,14,16,18-24,26-28H,7-8H2/t14?,16-,18+,19+,20-,21-/m1/s1. The number of ether oxygens (including phenoxy) is 3. The van der Waals surface area contributed by atoms with Crippen molar-refractivity contribution < 1.29 is 49.6 Å². The zero-order valence-electron chi connectivity index (χ0n) is 16.2. The molecule has 4 rings (SSSR count). The molecular formula is C21H22O10. The maximum atomic E-state index is 12.4. The highest BCUT2D eigenvalue weighted by atomic mass is 16.7. The van der Waals surface area contributed by atoms with E-state index in [4.69, 9.17) is 14.2 Å². The second-order valence-electron chi connectivity index (χ2n) is 7.46. The van der Waals surface area contributed by atoms with Gasteiger partial charge in [0.1, 0.15) is 59.1 Å². The average Bonchev–Trinajstić information content (AvgIpc) is 2.73. The van der Waals surface area contributed by atoms with Crippen molar-refractivity contribution in [1.29, 1.82) is 0 Å². The van der Waals surface area contributed by atoms with Gasteiger partial charge in [-0.1, -0.05) is 12.1 Å². The molecule has 2 aromatic carbocycles. The molecule has 0 spiro atoms. The summed E-state index contributed by atoms with van der Waals surface area (Å²) in [4.78, 5) is 12.4. The van der Waals surface area contributed by atoms with Gasteiger partial charge in [0, 0.05) is 12.1 Å². The lowest BCUT2D eigenvalue weighted by Gasteiger charge is -2.39. The Morgan fingerprint density at radius 1 is 1.00 bits per heavy atom. The van der Waals surface area contributed by atoms with Crippen LogP contribution in [0.15, 0.2) is 36.4 Å². The smallest absolute Gasteiger partial charge is 0.229 e. The average molecular weight is 434 g/mol. The minimum Gasteiger partial charge on any atom is -0.508 e. The Bertz CT molecular complexity index is 957. The summed E-state index contributed by atoms with van der Waals surface area (Å²) < 4.78 is 16.6. The van der Waals surface area contributed by atoms with Crippen LogP contribution >= 0.6 is 0 Å². The van der Waals surface area contributed by atoms with Crippen molar-refractivity contribution in [3.8, 4) is 23.0 Å². The van der Waals surface area contributed by atoms with E-state index in [2.05, 4.69) is 0 Å². The number of aliphatic hydroxyl groups is 4. The van der Waals surface area contributed by atoms with E-state index in [1.165, 1.54) is 6.07 Å². The quantitative estimate of drug-likeness (QED) is 0.385. The molecule has 6 N–H and O–H groups in total. The SMILES string of the molecule is O=C1CC(c2ccc(O[C@@H]3O[C@H](CO)[C@H](O)[C@H](O)[C@H]3O)cc2)Oc2cc(O)cc(O)c21. The van der Waals surface area contributed by atoms with E-state index in [0.29, 0.717) is 5.56 Å². The van der Waals surface area contributed by atoms with Crippen LogP contribution in [0.3, 0.4) is 0 Å². The van der Waals surface area contributed by atoms with Crippen molar-refractivity contribution in [1.82, 2.24) is 0 Å². The van der Waals surface area contributed by atoms with Gasteiger partial charge in [-0.3, -0.25) is 4.79 Å². The number of Topliss-reactive ketones (excluding diaryl/α,β-unsaturated/α-hetero) is 1. The van der Waals surface area contributed by atoms with Gasteiger partial charge < -0.3 is 44.8 Å². The molecule has 6 atom stereocenters. The van der Waals surface area contributed by atoms with Crippen LogP contribution < -0.4 is 9.47 Å². The number of carbonyl (C=O) groups is 1. The van der Waals surface area contributed by atoms with E-state index in [1.807, 2.05) is 0 Å². The zero-order valence-corrected chi connectivity index (χ0v) is 16.2. The van der Waals surface area contributed by atoms with Gasteiger partial charge in [0.25, 0.3) is 0 Å². The third-order valence-electron chi connectivity index (χ3n) is 5.34. The van der Waals surface area contributed by atoms with Gasteiger partial charge in [0.05, 0.1) is 13.0 Å². The fourth-order valence-electron chi connectivity index (χ4n) is 3.67. The molecule has 0 radical (unpaired) electrons. The molecule has 0 aliphatic carbocycles. The van der Waals surface area contributed by atoms with Gasteiger partial charge in [-0.15, -0.1) is 0 Å². The van der Waals surface area contributed by atoms with Crippen LogP contribution in [0.4, 0.5) is 0 Å². The number of phenols is 2. The highest BCUT2D eigenvalue weighted by Crippen LogP contribution is 2.41. The summed E-state index contributed by atoms with van der Waals surface area (Å²) in [5.74, 6) is -0.550. The van der Waals surface area contributed by atoms with E-state index in [-0.39, 0.29) is 40.8 Å². The summed E-state index contributed by atoms with van der Waals surface area (Å²) in [7, 11) is 0. The van der Waals surface area contributed by atoms with Crippen LogP contribution in [-0.2, 0) is 4.74 Å². The molecular weight excluding hydrogens is 412 g/mol. The third kappa shape index (κ3) is 4.03. The number of aromatic hydroxyl groups is 2. The Morgan fingerprint density at radius 2 is 1.71 bits per heavy atom. The first kappa shape index (κ1) is 21.3. The monoisotopic (exact) mass is 434 g/mol. The lowest BCUT2D eigenvalue weighted by molar-refractivity contribution is -0.277. The highest BCUT2D eigenvalue weighted by molar-refractivity contribution is 6.02. The van der Waals surface area contributed by atoms with Crippen LogP contribution in [0.2, 0.25) is 0 Å². The molecule has 166 valence electrons. The van der Waals surface area contributed by atoms with E-state index >= 15 is 0 Å². The van der Waals surface area contributed by atoms with E-state index in [1.54, 1.807) is 24.3 Å². The minimum absolute atomic E-state index is 0.0156. The van der Waals surface area contributed by atoms with E-state index in [9.17, 15) is 35.4 Å². The van der Waals surface area contributed by atoms with Gasteiger partial charge in [0.15, 0.2) is 5.78 Å². The van der Waals surface area contributed by atoms with Crippen LogP contribution in [0, 0.1) is 0 Å². The second kappa shape index (κ2) is 8.33. The first-order valence-corrected chi connectivity index (χ1v) is 9.61. The van der Waals surface area contributed by atoms with Gasteiger partial charge in [-0.05, 0) is 17.7 Å². The Balaban J connectivity index is 1.48. The van der Waals surface area contributed by atoms with Crippen molar-refractivity contribution in [2.45, 2.75) is 43.2 Å². The highest BCUT2D eigenvalue weighted by Gasteiger charge is 2.44. The summed E-state index contributed by atoms with van der Waals surface area (Å²) >= 11 is 0. The molecule has 1 saturated heterocycles.